The topological polar surface area (TPSA) is 12.0 Å². The van der Waals surface area contributed by atoms with E-state index >= 15 is 0 Å². The second kappa shape index (κ2) is 4.37. The molecule has 0 bridgehead atoms. The molecule has 0 aliphatic rings. The van der Waals surface area contributed by atoms with Gasteiger partial charge in [-0.1, -0.05) is 11.6 Å². The predicted molar refractivity (Wildman–Crippen MR) is 45.8 cm³/mol. The first-order valence-corrected chi connectivity index (χ1v) is 3.97. The Balaban J connectivity index is 2.92. The van der Waals surface area contributed by atoms with Crippen molar-refractivity contribution in [3.8, 4) is 0 Å². The molecule has 72 valence electrons. The molecule has 1 N–H and O–H groups in total. The van der Waals surface area contributed by atoms with Crippen LogP contribution in [0.4, 0.5) is 18.9 Å². The minimum Gasteiger partial charge on any atom is -0.379 e. The third kappa shape index (κ3) is 2.52. The first-order chi connectivity index (χ1) is 6.15. The molecule has 0 amide bonds. The Bertz CT molecular complexity index is 280. The van der Waals surface area contributed by atoms with Crippen LogP contribution in [0.2, 0.25) is 5.02 Å². The van der Waals surface area contributed by atoms with Crippen LogP contribution in [-0.4, -0.2) is 13.2 Å². The SMILES string of the molecule is FCCNc1c(F)cc(F)cc1Cl. The Morgan fingerprint density at radius 2 is 2.00 bits per heavy atom. The molecule has 1 aromatic carbocycles. The molecule has 0 aliphatic carbocycles. The lowest BCUT2D eigenvalue weighted by Crippen LogP contribution is -2.05. The van der Waals surface area contributed by atoms with Gasteiger partial charge in [-0.25, -0.2) is 13.2 Å². The van der Waals surface area contributed by atoms with Crippen LogP contribution in [0.5, 0.6) is 0 Å². The monoisotopic (exact) mass is 209 g/mol. The van der Waals surface area contributed by atoms with Crippen molar-refractivity contribution >= 4 is 17.3 Å². The molecule has 0 saturated heterocycles. The molecule has 0 heterocycles. The zero-order valence-electron chi connectivity index (χ0n) is 6.58. The van der Waals surface area contributed by atoms with Gasteiger partial charge in [0.2, 0.25) is 0 Å². The lowest BCUT2D eigenvalue weighted by Gasteiger charge is -2.07. The smallest absolute Gasteiger partial charge is 0.150 e. The lowest BCUT2D eigenvalue weighted by molar-refractivity contribution is 0.511. The lowest BCUT2D eigenvalue weighted by atomic mass is 10.3. The Labute approximate surface area is 78.5 Å². The summed E-state index contributed by atoms with van der Waals surface area (Å²) in [4.78, 5) is 0. The third-order valence-corrected chi connectivity index (χ3v) is 1.70. The van der Waals surface area contributed by atoms with Gasteiger partial charge in [-0.2, -0.15) is 0 Å². The summed E-state index contributed by atoms with van der Waals surface area (Å²) in [5.41, 5.74) is -0.0688. The number of benzene rings is 1. The van der Waals surface area contributed by atoms with Crippen molar-refractivity contribution < 1.29 is 13.2 Å². The van der Waals surface area contributed by atoms with Gasteiger partial charge in [0.05, 0.1) is 10.7 Å². The maximum atomic E-state index is 12.9. The zero-order valence-corrected chi connectivity index (χ0v) is 7.34. The summed E-state index contributed by atoms with van der Waals surface area (Å²) in [6, 6.07) is 1.65. The van der Waals surface area contributed by atoms with Gasteiger partial charge in [0, 0.05) is 12.6 Å². The minimum absolute atomic E-state index is 0.0533. The van der Waals surface area contributed by atoms with Gasteiger partial charge in [-0.05, 0) is 6.07 Å². The molecule has 1 aromatic rings. The van der Waals surface area contributed by atoms with Gasteiger partial charge >= 0.3 is 0 Å². The second-order valence-electron chi connectivity index (χ2n) is 2.36. The molecule has 0 unspecified atom stereocenters. The van der Waals surface area contributed by atoms with Crippen LogP contribution in [0, 0.1) is 11.6 Å². The highest BCUT2D eigenvalue weighted by atomic mass is 35.5. The molecule has 1 rings (SSSR count). The van der Waals surface area contributed by atoms with Crippen LogP contribution in [-0.2, 0) is 0 Å². The normalized spacial score (nSPS) is 10.2. The Kier molecular flexibility index (Phi) is 3.42. The van der Waals surface area contributed by atoms with Gasteiger partial charge in [-0.3, -0.25) is 0 Å². The summed E-state index contributed by atoms with van der Waals surface area (Å²) in [7, 11) is 0. The van der Waals surface area contributed by atoms with Crippen LogP contribution in [0.3, 0.4) is 0 Å². The summed E-state index contributed by atoms with van der Waals surface area (Å²) >= 11 is 5.51. The molecule has 0 atom stereocenters. The predicted octanol–water partition coefficient (Wildman–Crippen LogP) is 3.00. The molecule has 0 saturated carbocycles. The number of anilines is 1. The molecule has 0 aromatic heterocycles. The zero-order chi connectivity index (χ0) is 9.84. The number of halogens is 4. The van der Waals surface area contributed by atoms with Crippen LogP contribution in [0.1, 0.15) is 0 Å². The highest BCUT2D eigenvalue weighted by molar-refractivity contribution is 6.33. The van der Waals surface area contributed by atoms with E-state index in [9.17, 15) is 13.2 Å². The molecule has 0 fully saturated rings. The highest BCUT2D eigenvalue weighted by Crippen LogP contribution is 2.25. The molecular weight excluding hydrogens is 203 g/mol. The van der Waals surface area contributed by atoms with Gasteiger partial charge in [0.15, 0.2) is 5.82 Å². The molecular formula is C8H7ClF3N. The fourth-order valence-corrected chi connectivity index (χ4v) is 1.14. The number of alkyl halides is 1. The van der Waals surface area contributed by atoms with E-state index in [-0.39, 0.29) is 17.3 Å². The van der Waals surface area contributed by atoms with E-state index in [2.05, 4.69) is 5.32 Å². The van der Waals surface area contributed by atoms with E-state index in [0.717, 1.165) is 6.07 Å². The van der Waals surface area contributed by atoms with Crippen molar-refractivity contribution in [2.45, 2.75) is 0 Å². The van der Waals surface area contributed by atoms with E-state index in [1.807, 2.05) is 0 Å². The summed E-state index contributed by atoms with van der Waals surface area (Å²) in [6.45, 7) is -0.699. The van der Waals surface area contributed by atoms with Crippen molar-refractivity contribution in [1.82, 2.24) is 0 Å². The van der Waals surface area contributed by atoms with Crippen LogP contribution in [0.25, 0.3) is 0 Å². The van der Waals surface area contributed by atoms with E-state index in [1.165, 1.54) is 0 Å². The maximum absolute atomic E-state index is 12.9. The maximum Gasteiger partial charge on any atom is 0.150 e. The van der Waals surface area contributed by atoms with E-state index in [4.69, 9.17) is 11.6 Å². The van der Waals surface area contributed by atoms with Crippen LogP contribution in [0.15, 0.2) is 12.1 Å². The molecule has 0 radical (unpaired) electrons. The van der Waals surface area contributed by atoms with Gasteiger partial charge in [0.1, 0.15) is 12.5 Å². The van der Waals surface area contributed by atoms with Crippen LogP contribution >= 0.6 is 11.6 Å². The number of hydrogen-bond acceptors (Lipinski definition) is 1. The Hall–Kier alpha value is -0.900. The van der Waals surface area contributed by atoms with Gasteiger partial charge < -0.3 is 5.32 Å². The molecule has 1 nitrogen and oxygen atoms in total. The summed E-state index contributed by atoms with van der Waals surface area (Å²) in [5, 5.41) is 2.32. The largest absolute Gasteiger partial charge is 0.379 e. The van der Waals surface area contributed by atoms with Crippen molar-refractivity contribution in [1.29, 1.82) is 0 Å². The number of nitrogens with one attached hydrogen (secondary N) is 1. The van der Waals surface area contributed by atoms with Crippen molar-refractivity contribution in [3.63, 3.8) is 0 Å². The standard InChI is InChI=1S/C8H7ClF3N/c9-6-3-5(11)4-7(12)8(6)13-2-1-10/h3-4,13H,1-2H2. The average Bonchev–Trinajstić information content (AvgIpc) is 2.02. The van der Waals surface area contributed by atoms with Crippen molar-refractivity contribution in [3.05, 3.63) is 28.8 Å². The summed E-state index contributed by atoms with van der Waals surface area (Å²) in [6.07, 6.45) is 0. The Morgan fingerprint density at radius 1 is 1.31 bits per heavy atom. The summed E-state index contributed by atoms with van der Waals surface area (Å²) in [5.74, 6) is -1.58. The minimum atomic E-state index is -0.821. The van der Waals surface area contributed by atoms with Gasteiger partial charge in [-0.15, -0.1) is 0 Å². The van der Waals surface area contributed by atoms with Crippen LogP contribution < -0.4 is 5.32 Å². The second-order valence-corrected chi connectivity index (χ2v) is 2.77. The quantitative estimate of drug-likeness (QED) is 0.807. The molecule has 0 spiro atoms. The fourth-order valence-electron chi connectivity index (χ4n) is 0.883. The average molecular weight is 210 g/mol. The summed E-state index contributed by atoms with van der Waals surface area (Å²) < 4.78 is 37.1. The van der Waals surface area contributed by atoms with E-state index in [1.54, 1.807) is 0 Å². The number of rotatable bonds is 3. The van der Waals surface area contributed by atoms with Gasteiger partial charge in [0.25, 0.3) is 0 Å². The fraction of sp³-hybridized carbons (Fsp3) is 0.250. The Morgan fingerprint density at radius 3 is 2.54 bits per heavy atom. The van der Waals surface area contributed by atoms with E-state index in [0.29, 0.717) is 6.07 Å². The van der Waals surface area contributed by atoms with E-state index < -0.39 is 18.3 Å². The number of hydrogen-bond donors (Lipinski definition) is 1. The van der Waals surface area contributed by atoms with Crippen molar-refractivity contribution in [2.75, 3.05) is 18.5 Å². The highest BCUT2D eigenvalue weighted by Gasteiger charge is 2.08. The first-order valence-electron chi connectivity index (χ1n) is 3.59. The molecule has 0 aliphatic heterocycles. The van der Waals surface area contributed by atoms with Crippen molar-refractivity contribution in [2.24, 2.45) is 0 Å². The molecule has 5 heteroatoms. The molecule has 13 heavy (non-hydrogen) atoms. The third-order valence-electron chi connectivity index (χ3n) is 1.40. The first kappa shape index (κ1) is 10.2.